The van der Waals surface area contributed by atoms with E-state index in [9.17, 15) is 0 Å². The quantitative estimate of drug-likeness (QED) is 0.827. The van der Waals surface area contributed by atoms with Crippen molar-refractivity contribution in [1.82, 2.24) is 4.90 Å². The molecule has 1 aliphatic heterocycles. The van der Waals surface area contributed by atoms with Gasteiger partial charge in [-0.05, 0) is 30.9 Å². The largest absolute Gasteiger partial charge is 0.389 e. The van der Waals surface area contributed by atoms with Gasteiger partial charge in [0.25, 0.3) is 0 Å². The van der Waals surface area contributed by atoms with Gasteiger partial charge < -0.3 is 5.73 Å². The first-order chi connectivity index (χ1) is 8.70. The van der Waals surface area contributed by atoms with Crippen LogP contribution < -0.4 is 5.73 Å². The molecular weight excluding hydrogens is 240 g/mol. The average Bonchev–Trinajstić information content (AvgIpc) is 2.77. The number of benzene rings is 1. The Bertz CT molecular complexity index is 417. The molecular formula is C15H22N2S. The molecule has 0 aliphatic carbocycles. The number of hydrogen-bond acceptors (Lipinski definition) is 2. The van der Waals surface area contributed by atoms with E-state index in [0.29, 0.717) is 4.99 Å². The van der Waals surface area contributed by atoms with E-state index in [2.05, 4.69) is 24.0 Å². The van der Waals surface area contributed by atoms with Crippen LogP contribution in [-0.2, 0) is 6.54 Å². The van der Waals surface area contributed by atoms with E-state index in [0.717, 1.165) is 18.0 Å². The molecule has 1 saturated heterocycles. The van der Waals surface area contributed by atoms with E-state index < -0.39 is 0 Å². The monoisotopic (exact) mass is 262 g/mol. The second-order valence-electron chi connectivity index (χ2n) is 5.20. The molecule has 98 valence electrons. The zero-order valence-electron chi connectivity index (χ0n) is 11.1. The van der Waals surface area contributed by atoms with E-state index in [4.69, 9.17) is 18.0 Å². The summed E-state index contributed by atoms with van der Waals surface area (Å²) in [6.07, 6.45) is 3.98. The smallest absolute Gasteiger partial charge is 0.104 e. The van der Waals surface area contributed by atoms with Crippen LogP contribution >= 0.6 is 12.2 Å². The average molecular weight is 262 g/mol. The molecule has 3 heteroatoms. The van der Waals surface area contributed by atoms with E-state index in [1.54, 1.807) is 0 Å². The first kappa shape index (κ1) is 13.5. The molecule has 0 aromatic heterocycles. The van der Waals surface area contributed by atoms with Crippen molar-refractivity contribution in [3.63, 3.8) is 0 Å². The lowest BCUT2D eigenvalue weighted by atomic mass is 10.0. The third kappa shape index (κ3) is 3.30. The zero-order valence-corrected chi connectivity index (χ0v) is 11.9. The molecule has 0 spiro atoms. The summed E-state index contributed by atoms with van der Waals surface area (Å²) in [5.41, 5.74) is 8.08. The standard InChI is InChI=1S/C15H22N2S/c1-2-5-12-8-9-17(10-12)11-13-6-3-4-7-14(13)15(16)18/h3-4,6-7,12H,2,5,8-11H2,1H3,(H2,16,18). The molecule has 2 nitrogen and oxygen atoms in total. The van der Waals surface area contributed by atoms with Crippen LogP contribution in [0.25, 0.3) is 0 Å². The van der Waals surface area contributed by atoms with Gasteiger partial charge in [0, 0.05) is 18.7 Å². The Kier molecular flexibility index (Phi) is 4.72. The van der Waals surface area contributed by atoms with Crippen molar-refractivity contribution in [2.45, 2.75) is 32.7 Å². The molecule has 18 heavy (non-hydrogen) atoms. The fourth-order valence-electron chi connectivity index (χ4n) is 2.84. The summed E-state index contributed by atoms with van der Waals surface area (Å²) >= 11 is 5.11. The van der Waals surface area contributed by atoms with Crippen LogP contribution in [0.15, 0.2) is 24.3 Å². The zero-order chi connectivity index (χ0) is 13.0. The highest BCUT2D eigenvalue weighted by Crippen LogP contribution is 2.23. The predicted octanol–water partition coefficient (Wildman–Crippen LogP) is 2.94. The Morgan fingerprint density at radius 1 is 1.44 bits per heavy atom. The number of nitrogens with zero attached hydrogens (tertiary/aromatic N) is 1. The summed E-state index contributed by atoms with van der Waals surface area (Å²) in [4.78, 5) is 3.03. The predicted molar refractivity (Wildman–Crippen MR) is 80.6 cm³/mol. The van der Waals surface area contributed by atoms with Crippen molar-refractivity contribution in [1.29, 1.82) is 0 Å². The highest BCUT2D eigenvalue weighted by Gasteiger charge is 2.22. The third-order valence-corrected chi connectivity index (χ3v) is 3.96. The maximum Gasteiger partial charge on any atom is 0.104 e. The number of thiocarbonyl (C=S) groups is 1. The molecule has 2 N–H and O–H groups in total. The van der Waals surface area contributed by atoms with Crippen LogP contribution in [0.4, 0.5) is 0 Å². The van der Waals surface area contributed by atoms with Crippen LogP contribution in [0.1, 0.15) is 37.3 Å². The van der Waals surface area contributed by atoms with Crippen molar-refractivity contribution in [3.05, 3.63) is 35.4 Å². The molecule has 1 aliphatic rings. The molecule has 0 bridgehead atoms. The van der Waals surface area contributed by atoms with Crippen molar-refractivity contribution < 1.29 is 0 Å². The minimum Gasteiger partial charge on any atom is -0.389 e. The first-order valence-electron chi connectivity index (χ1n) is 6.80. The minimum atomic E-state index is 0.509. The molecule has 0 radical (unpaired) electrons. The van der Waals surface area contributed by atoms with Crippen LogP contribution in [0.5, 0.6) is 0 Å². The van der Waals surface area contributed by atoms with Crippen molar-refractivity contribution in [2.24, 2.45) is 11.7 Å². The molecule has 0 saturated carbocycles. The summed E-state index contributed by atoms with van der Waals surface area (Å²) in [5, 5.41) is 0. The van der Waals surface area contributed by atoms with E-state index in [1.807, 2.05) is 12.1 Å². The van der Waals surface area contributed by atoms with Crippen molar-refractivity contribution in [2.75, 3.05) is 13.1 Å². The Balaban J connectivity index is 2.00. The highest BCUT2D eigenvalue weighted by molar-refractivity contribution is 7.80. The molecule has 0 amide bonds. The van der Waals surface area contributed by atoms with Gasteiger partial charge >= 0.3 is 0 Å². The Morgan fingerprint density at radius 2 is 2.22 bits per heavy atom. The van der Waals surface area contributed by atoms with Crippen LogP contribution in [0, 0.1) is 5.92 Å². The number of nitrogens with two attached hydrogens (primary N) is 1. The Labute approximate surface area is 115 Å². The van der Waals surface area contributed by atoms with Gasteiger partial charge in [0.1, 0.15) is 4.99 Å². The van der Waals surface area contributed by atoms with E-state index in [-0.39, 0.29) is 0 Å². The van der Waals surface area contributed by atoms with Crippen molar-refractivity contribution >= 4 is 17.2 Å². The molecule has 1 aromatic carbocycles. The minimum absolute atomic E-state index is 0.509. The van der Waals surface area contributed by atoms with E-state index >= 15 is 0 Å². The Hall–Kier alpha value is -0.930. The fraction of sp³-hybridized carbons (Fsp3) is 0.533. The summed E-state index contributed by atoms with van der Waals surface area (Å²) in [7, 11) is 0. The van der Waals surface area contributed by atoms with Gasteiger partial charge in [0.2, 0.25) is 0 Å². The maximum absolute atomic E-state index is 5.78. The van der Waals surface area contributed by atoms with Crippen LogP contribution in [-0.4, -0.2) is 23.0 Å². The first-order valence-corrected chi connectivity index (χ1v) is 7.21. The van der Waals surface area contributed by atoms with Gasteiger partial charge in [-0.2, -0.15) is 0 Å². The maximum atomic E-state index is 5.78. The fourth-order valence-corrected chi connectivity index (χ4v) is 3.04. The third-order valence-electron chi connectivity index (χ3n) is 3.74. The van der Waals surface area contributed by atoms with Crippen LogP contribution in [0.3, 0.4) is 0 Å². The molecule has 2 rings (SSSR count). The second-order valence-corrected chi connectivity index (χ2v) is 5.64. The summed E-state index contributed by atoms with van der Waals surface area (Å²) < 4.78 is 0. The van der Waals surface area contributed by atoms with Gasteiger partial charge in [-0.25, -0.2) is 0 Å². The molecule has 1 atom stereocenters. The van der Waals surface area contributed by atoms with Gasteiger partial charge in [0.15, 0.2) is 0 Å². The molecule has 1 heterocycles. The van der Waals surface area contributed by atoms with E-state index in [1.165, 1.54) is 37.9 Å². The molecule has 1 unspecified atom stereocenters. The van der Waals surface area contributed by atoms with Crippen LogP contribution in [0.2, 0.25) is 0 Å². The van der Waals surface area contributed by atoms with Gasteiger partial charge in [-0.3, -0.25) is 4.90 Å². The number of hydrogen-bond donors (Lipinski definition) is 1. The normalized spacial score (nSPS) is 20.2. The molecule has 1 aromatic rings. The van der Waals surface area contributed by atoms with Crippen molar-refractivity contribution in [3.8, 4) is 0 Å². The topological polar surface area (TPSA) is 29.3 Å². The Morgan fingerprint density at radius 3 is 2.94 bits per heavy atom. The summed E-state index contributed by atoms with van der Waals surface area (Å²) in [5.74, 6) is 0.881. The summed E-state index contributed by atoms with van der Waals surface area (Å²) in [6.45, 7) is 5.67. The molecule has 1 fully saturated rings. The lowest BCUT2D eigenvalue weighted by molar-refractivity contribution is 0.313. The summed E-state index contributed by atoms with van der Waals surface area (Å²) in [6, 6.07) is 8.23. The SMILES string of the molecule is CCCC1CCN(Cc2ccccc2C(N)=S)C1. The lowest BCUT2D eigenvalue weighted by Gasteiger charge is -2.18. The second kappa shape index (κ2) is 6.30. The number of likely N-dealkylation sites (tertiary alicyclic amines) is 1. The highest BCUT2D eigenvalue weighted by atomic mass is 32.1. The van der Waals surface area contributed by atoms with Gasteiger partial charge in [-0.15, -0.1) is 0 Å². The lowest BCUT2D eigenvalue weighted by Crippen LogP contribution is -2.22. The van der Waals surface area contributed by atoms with Gasteiger partial charge in [0.05, 0.1) is 0 Å². The van der Waals surface area contributed by atoms with Gasteiger partial charge in [-0.1, -0.05) is 49.8 Å². The number of rotatable bonds is 5.